The lowest BCUT2D eigenvalue weighted by molar-refractivity contribution is -0.0577. The molecule has 0 heterocycles. The third kappa shape index (κ3) is 5.59. The number of hydrogen-bond acceptors (Lipinski definition) is 3. The number of carboxylic acids is 1. The van der Waals surface area contributed by atoms with Crippen LogP contribution in [0.1, 0.15) is 116 Å². The monoisotopic (exact) mass is 549 g/mol. The van der Waals surface area contributed by atoms with Gasteiger partial charge >= 0.3 is 12.1 Å². The van der Waals surface area contributed by atoms with Gasteiger partial charge in [-0.25, -0.2) is 9.59 Å². The fourth-order valence-corrected chi connectivity index (χ4v) is 9.75. The number of allylic oxidation sites excluding steroid dienone is 1. The molecular weight excluding hydrogens is 498 g/mol. The first-order valence-electron chi connectivity index (χ1n) is 16.0. The number of benzene rings is 1. The largest absolute Gasteiger partial charge is 0.478 e. The van der Waals surface area contributed by atoms with Crippen LogP contribution in [0, 0.1) is 46.3 Å². The molecule has 0 saturated heterocycles. The average molecular weight is 550 g/mol. The van der Waals surface area contributed by atoms with Crippen molar-refractivity contribution in [2.24, 2.45) is 46.3 Å². The van der Waals surface area contributed by atoms with Crippen LogP contribution in [-0.4, -0.2) is 23.3 Å². The Bertz CT molecular complexity index is 1110. The number of amides is 1. The van der Waals surface area contributed by atoms with Crippen LogP contribution in [0.4, 0.5) is 10.5 Å². The maximum Gasteiger partial charge on any atom is 0.411 e. The van der Waals surface area contributed by atoms with Gasteiger partial charge in [0.1, 0.15) is 6.10 Å². The Labute approximate surface area is 241 Å². The van der Waals surface area contributed by atoms with Crippen LogP contribution in [0.2, 0.25) is 0 Å². The minimum absolute atomic E-state index is 0.106. The Balaban J connectivity index is 1.20. The zero-order chi connectivity index (χ0) is 28.7. The van der Waals surface area contributed by atoms with Crippen molar-refractivity contribution >= 4 is 17.7 Å². The summed E-state index contributed by atoms with van der Waals surface area (Å²) in [5, 5.41) is 11.8. The van der Waals surface area contributed by atoms with Crippen LogP contribution in [-0.2, 0) is 4.74 Å². The van der Waals surface area contributed by atoms with Crippen LogP contribution >= 0.6 is 0 Å². The molecule has 0 spiro atoms. The first-order valence-corrected chi connectivity index (χ1v) is 16.0. The fraction of sp³-hybridized carbons (Fsp3) is 0.714. The molecule has 4 aliphatic rings. The maximum atomic E-state index is 12.6. The van der Waals surface area contributed by atoms with Crippen molar-refractivity contribution in [3.63, 3.8) is 0 Å². The van der Waals surface area contributed by atoms with Crippen molar-refractivity contribution in [2.75, 3.05) is 5.32 Å². The van der Waals surface area contributed by atoms with E-state index in [4.69, 9.17) is 9.84 Å². The smallest absolute Gasteiger partial charge is 0.411 e. The molecule has 3 saturated carbocycles. The lowest BCUT2D eigenvalue weighted by Crippen LogP contribution is -2.51. The summed E-state index contributed by atoms with van der Waals surface area (Å²) in [4.78, 5) is 23.7. The van der Waals surface area contributed by atoms with Gasteiger partial charge in [0.25, 0.3) is 0 Å². The number of anilines is 1. The number of hydrogen-bond donors (Lipinski definition) is 2. The molecule has 3 fully saturated rings. The quantitative estimate of drug-likeness (QED) is 0.317. The van der Waals surface area contributed by atoms with E-state index in [0.29, 0.717) is 11.1 Å². The SMILES string of the molecule is CC(C)CCC[C@@H](C)[C@H]1CC[C@H]2[C@@H]3CC=C4C[C@@H](OC(=O)Nc5ccc(C(=O)O)cc5)CC[C@]4(C)[C@H]3CC[C@]12C. The van der Waals surface area contributed by atoms with Crippen molar-refractivity contribution in [2.45, 2.75) is 111 Å². The fourth-order valence-electron chi connectivity index (χ4n) is 9.75. The summed E-state index contributed by atoms with van der Waals surface area (Å²) in [6, 6.07) is 6.18. The molecule has 4 aliphatic carbocycles. The van der Waals surface area contributed by atoms with E-state index in [-0.39, 0.29) is 17.1 Å². The highest BCUT2D eigenvalue weighted by Gasteiger charge is 2.59. The molecule has 0 bridgehead atoms. The number of carbonyl (C=O) groups is 2. The summed E-state index contributed by atoms with van der Waals surface area (Å²) < 4.78 is 5.87. The van der Waals surface area contributed by atoms with Crippen molar-refractivity contribution in [3.8, 4) is 0 Å². The van der Waals surface area contributed by atoms with Gasteiger partial charge in [-0.3, -0.25) is 5.32 Å². The van der Waals surface area contributed by atoms with Crippen molar-refractivity contribution in [3.05, 3.63) is 41.5 Å². The standard InChI is InChI=1S/C35H51NO4/c1-22(2)7-6-8-23(3)29-15-16-30-28-14-11-25-21-27(17-19-34(25,4)31(28)18-20-35(29,30)5)40-33(39)36-26-12-9-24(10-13-26)32(37)38/h9-13,22-23,27-31H,6-8,14-21H2,1-5H3,(H,36,39)(H,37,38)/t23-,27+,28+,29-,30+,31+,34+,35-/m1/s1. The molecule has 1 aromatic carbocycles. The molecule has 0 radical (unpaired) electrons. The Morgan fingerprint density at radius 1 is 1.00 bits per heavy atom. The van der Waals surface area contributed by atoms with Gasteiger partial charge in [-0.1, -0.05) is 65.5 Å². The molecule has 5 rings (SSSR count). The number of fused-ring (bicyclic) bond motifs is 5. The molecule has 40 heavy (non-hydrogen) atoms. The van der Waals surface area contributed by atoms with Gasteiger partial charge in [-0.15, -0.1) is 0 Å². The summed E-state index contributed by atoms with van der Waals surface area (Å²) in [6.07, 6.45) is 15.7. The van der Waals surface area contributed by atoms with E-state index in [1.807, 2.05) is 0 Å². The molecule has 0 aromatic heterocycles. The van der Waals surface area contributed by atoms with Gasteiger partial charge in [0, 0.05) is 12.1 Å². The molecule has 220 valence electrons. The Hall–Kier alpha value is -2.30. The maximum absolute atomic E-state index is 12.6. The molecule has 0 unspecified atom stereocenters. The Kier molecular flexibility index (Phi) is 8.42. The Morgan fingerprint density at radius 3 is 2.45 bits per heavy atom. The molecule has 8 atom stereocenters. The summed E-state index contributed by atoms with van der Waals surface area (Å²) in [6.45, 7) is 12.4. The second kappa shape index (κ2) is 11.5. The molecule has 2 N–H and O–H groups in total. The summed E-state index contributed by atoms with van der Waals surface area (Å²) in [5.74, 6) is 3.95. The Morgan fingerprint density at radius 2 is 1.75 bits per heavy atom. The summed E-state index contributed by atoms with van der Waals surface area (Å²) in [5.41, 5.74) is 2.99. The highest BCUT2D eigenvalue weighted by Crippen LogP contribution is 2.67. The van der Waals surface area contributed by atoms with Crippen LogP contribution in [0.15, 0.2) is 35.9 Å². The highest BCUT2D eigenvalue weighted by molar-refractivity contribution is 5.89. The van der Waals surface area contributed by atoms with Gasteiger partial charge in [-0.2, -0.15) is 0 Å². The van der Waals surface area contributed by atoms with E-state index in [0.717, 1.165) is 54.8 Å². The van der Waals surface area contributed by atoms with E-state index >= 15 is 0 Å². The number of carboxylic acid groups (broad SMARTS) is 1. The van der Waals surface area contributed by atoms with E-state index in [2.05, 4.69) is 46.0 Å². The topological polar surface area (TPSA) is 75.6 Å². The third-order valence-corrected chi connectivity index (χ3v) is 11.9. The third-order valence-electron chi connectivity index (χ3n) is 11.9. The molecule has 5 nitrogen and oxygen atoms in total. The number of rotatable bonds is 8. The van der Waals surface area contributed by atoms with E-state index < -0.39 is 12.1 Å². The normalized spacial score (nSPS) is 35.6. The summed E-state index contributed by atoms with van der Waals surface area (Å²) >= 11 is 0. The minimum Gasteiger partial charge on any atom is -0.478 e. The van der Waals surface area contributed by atoms with Crippen molar-refractivity contribution < 1.29 is 19.4 Å². The number of nitrogens with one attached hydrogen (secondary N) is 1. The van der Waals surface area contributed by atoms with E-state index in [1.165, 1.54) is 69.1 Å². The molecule has 1 aromatic rings. The van der Waals surface area contributed by atoms with Gasteiger partial charge < -0.3 is 9.84 Å². The number of carbonyl (C=O) groups excluding carboxylic acids is 1. The van der Waals surface area contributed by atoms with Crippen molar-refractivity contribution in [1.29, 1.82) is 0 Å². The van der Waals surface area contributed by atoms with Gasteiger partial charge in [0.15, 0.2) is 0 Å². The predicted molar refractivity (Wildman–Crippen MR) is 160 cm³/mol. The predicted octanol–water partition coefficient (Wildman–Crippen LogP) is 9.34. The van der Waals surface area contributed by atoms with Crippen LogP contribution < -0.4 is 5.32 Å². The molecular formula is C35H51NO4. The molecule has 1 amide bonds. The second-order valence-electron chi connectivity index (χ2n) is 14.6. The van der Waals surface area contributed by atoms with E-state index in [1.54, 1.807) is 12.1 Å². The molecule has 5 heteroatoms. The van der Waals surface area contributed by atoms with Crippen LogP contribution in [0.25, 0.3) is 0 Å². The average Bonchev–Trinajstić information content (AvgIpc) is 3.26. The summed E-state index contributed by atoms with van der Waals surface area (Å²) in [7, 11) is 0. The van der Waals surface area contributed by atoms with Crippen molar-refractivity contribution in [1.82, 2.24) is 0 Å². The highest BCUT2D eigenvalue weighted by atomic mass is 16.6. The first-order chi connectivity index (χ1) is 19.0. The number of ether oxygens (including phenoxy) is 1. The minimum atomic E-state index is -0.982. The van der Waals surface area contributed by atoms with Gasteiger partial charge in [0.05, 0.1) is 5.56 Å². The van der Waals surface area contributed by atoms with Crippen LogP contribution in [0.5, 0.6) is 0 Å². The van der Waals surface area contributed by atoms with Crippen LogP contribution in [0.3, 0.4) is 0 Å². The zero-order valence-corrected chi connectivity index (χ0v) is 25.4. The van der Waals surface area contributed by atoms with Gasteiger partial charge in [-0.05, 0) is 116 Å². The van der Waals surface area contributed by atoms with Gasteiger partial charge in [0.2, 0.25) is 0 Å². The zero-order valence-electron chi connectivity index (χ0n) is 25.4. The lowest BCUT2D eigenvalue weighted by Gasteiger charge is -2.58. The molecule has 0 aliphatic heterocycles. The lowest BCUT2D eigenvalue weighted by atomic mass is 9.47. The number of aromatic carboxylic acids is 1. The van der Waals surface area contributed by atoms with E-state index in [9.17, 15) is 9.59 Å². The first kappa shape index (κ1) is 29.2. The second-order valence-corrected chi connectivity index (χ2v) is 14.6.